The number of aromatic amines is 1. The lowest BCUT2D eigenvalue weighted by Crippen LogP contribution is -2.25. The van der Waals surface area contributed by atoms with Crippen LogP contribution in [0.5, 0.6) is 0 Å². The molecule has 0 saturated carbocycles. The number of rotatable bonds is 8. The standard InChI is InChI=1S/C22H18F4N8O2S/c1-34(37(2,35)36)15-8-11(19(23)24)6-7-13(15)29-14-9-17(30-16-5-3-4-12(10-27)28-16)31-21-18(14)32-22(33-21)20(25)26/h3-9,19-20H,1-2H3,(H3,28,29,30,31,32,33). The second-order valence-electron chi connectivity index (χ2n) is 7.75. The molecule has 15 heteroatoms. The van der Waals surface area contributed by atoms with Crippen LogP contribution in [-0.2, 0) is 10.0 Å². The second kappa shape index (κ2) is 9.90. The van der Waals surface area contributed by atoms with Gasteiger partial charge in [-0.25, -0.2) is 40.9 Å². The van der Waals surface area contributed by atoms with E-state index in [1.807, 2.05) is 6.07 Å². The van der Waals surface area contributed by atoms with Crippen molar-refractivity contribution in [2.24, 2.45) is 0 Å². The van der Waals surface area contributed by atoms with E-state index in [-0.39, 0.29) is 45.6 Å². The van der Waals surface area contributed by atoms with E-state index in [1.165, 1.54) is 25.2 Å². The summed E-state index contributed by atoms with van der Waals surface area (Å²) in [6.45, 7) is 0. The first-order valence-electron chi connectivity index (χ1n) is 10.4. The minimum absolute atomic E-state index is 0.00882. The second-order valence-corrected chi connectivity index (χ2v) is 9.77. The van der Waals surface area contributed by atoms with Crippen molar-refractivity contribution in [2.45, 2.75) is 12.9 Å². The lowest BCUT2D eigenvalue weighted by Gasteiger charge is -2.22. The average Bonchev–Trinajstić information content (AvgIpc) is 3.28. The van der Waals surface area contributed by atoms with Gasteiger partial charge in [0.15, 0.2) is 11.5 Å². The predicted molar refractivity (Wildman–Crippen MR) is 129 cm³/mol. The molecule has 0 radical (unpaired) electrons. The zero-order chi connectivity index (χ0) is 26.9. The number of halogens is 4. The summed E-state index contributed by atoms with van der Waals surface area (Å²) in [6.07, 6.45) is -4.89. The molecule has 0 aliphatic rings. The maximum absolute atomic E-state index is 13.4. The van der Waals surface area contributed by atoms with Gasteiger partial charge in [-0.2, -0.15) is 5.26 Å². The molecule has 4 rings (SSSR count). The molecule has 192 valence electrons. The normalized spacial score (nSPS) is 11.6. The summed E-state index contributed by atoms with van der Waals surface area (Å²) < 4.78 is 78.6. The summed E-state index contributed by atoms with van der Waals surface area (Å²) in [6, 6.07) is 11.3. The van der Waals surface area contributed by atoms with Gasteiger partial charge in [-0.15, -0.1) is 0 Å². The Morgan fingerprint density at radius 2 is 1.73 bits per heavy atom. The highest BCUT2D eigenvalue weighted by atomic mass is 32.2. The molecule has 10 nitrogen and oxygen atoms in total. The minimum atomic E-state index is -3.85. The highest BCUT2D eigenvalue weighted by Crippen LogP contribution is 2.36. The van der Waals surface area contributed by atoms with Crippen molar-refractivity contribution in [1.29, 1.82) is 5.26 Å². The fraction of sp³-hybridized carbons (Fsp3) is 0.182. The maximum Gasteiger partial charge on any atom is 0.295 e. The van der Waals surface area contributed by atoms with Crippen LogP contribution >= 0.6 is 0 Å². The van der Waals surface area contributed by atoms with Gasteiger partial charge in [-0.3, -0.25) is 4.31 Å². The summed E-state index contributed by atoms with van der Waals surface area (Å²) in [5, 5.41) is 14.8. The third-order valence-electron chi connectivity index (χ3n) is 5.18. The van der Waals surface area contributed by atoms with Gasteiger partial charge in [0.05, 0.1) is 23.3 Å². The number of H-pyrrole nitrogens is 1. The first kappa shape index (κ1) is 25.6. The number of sulfonamides is 1. The molecule has 0 amide bonds. The van der Waals surface area contributed by atoms with Crippen LogP contribution in [0.3, 0.4) is 0 Å². The number of nitrogens with zero attached hydrogens (tertiary/aromatic N) is 5. The molecule has 0 saturated heterocycles. The van der Waals surface area contributed by atoms with Crippen LogP contribution < -0.4 is 14.9 Å². The summed E-state index contributed by atoms with van der Waals surface area (Å²) in [4.78, 5) is 14.6. The van der Waals surface area contributed by atoms with Crippen LogP contribution in [0.2, 0.25) is 0 Å². The monoisotopic (exact) mass is 534 g/mol. The molecule has 0 aliphatic heterocycles. The summed E-state index contributed by atoms with van der Waals surface area (Å²) in [5.41, 5.74) is -0.248. The number of fused-ring (bicyclic) bond motifs is 1. The van der Waals surface area contributed by atoms with Gasteiger partial charge in [0.25, 0.3) is 12.9 Å². The Kier molecular flexibility index (Phi) is 6.86. The largest absolute Gasteiger partial charge is 0.352 e. The Labute approximate surface area is 208 Å². The number of benzene rings is 1. The fourth-order valence-corrected chi connectivity index (χ4v) is 3.85. The Hall–Kier alpha value is -4.45. The van der Waals surface area contributed by atoms with E-state index in [1.54, 1.807) is 12.1 Å². The van der Waals surface area contributed by atoms with Gasteiger partial charge < -0.3 is 15.6 Å². The third-order valence-corrected chi connectivity index (χ3v) is 6.37. The molecule has 0 unspecified atom stereocenters. The first-order valence-corrected chi connectivity index (χ1v) is 12.3. The van der Waals surface area contributed by atoms with Gasteiger partial charge in [0, 0.05) is 18.7 Å². The number of aromatic nitrogens is 4. The molecule has 0 fully saturated rings. The Morgan fingerprint density at radius 1 is 0.973 bits per heavy atom. The quantitative estimate of drug-likeness (QED) is 0.269. The van der Waals surface area contributed by atoms with Gasteiger partial charge >= 0.3 is 0 Å². The number of hydrogen-bond donors (Lipinski definition) is 3. The maximum atomic E-state index is 13.4. The molecule has 3 aromatic heterocycles. The Balaban J connectivity index is 1.84. The minimum Gasteiger partial charge on any atom is -0.352 e. The van der Waals surface area contributed by atoms with Crippen LogP contribution in [0.1, 0.15) is 29.9 Å². The van der Waals surface area contributed by atoms with Crippen molar-refractivity contribution in [3.63, 3.8) is 0 Å². The number of imidazole rings is 1. The van der Waals surface area contributed by atoms with Gasteiger partial charge in [0.2, 0.25) is 10.0 Å². The van der Waals surface area contributed by atoms with Crippen molar-refractivity contribution in [1.82, 2.24) is 19.9 Å². The van der Waals surface area contributed by atoms with Crippen molar-refractivity contribution in [2.75, 3.05) is 28.2 Å². The molecule has 0 aliphatic carbocycles. The fourth-order valence-electron chi connectivity index (χ4n) is 3.34. The molecule has 1 aromatic carbocycles. The highest BCUT2D eigenvalue weighted by molar-refractivity contribution is 7.92. The van der Waals surface area contributed by atoms with E-state index in [0.29, 0.717) is 0 Å². The van der Waals surface area contributed by atoms with Crippen LogP contribution in [0.4, 0.5) is 46.3 Å². The third kappa shape index (κ3) is 5.54. The molecule has 4 aromatic rings. The highest BCUT2D eigenvalue weighted by Gasteiger charge is 2.22. The molecular formula is C22H18F4N8O2S. The van der Waals surface area contributed by atoms with Crippen LogP contribution in [-0.4, -0.2) is 41.7 Å². The van der Waals surface area contributed by atoms with E-state index < -0.39 is 34.3 Å². The number of anilines is 5. The number of nitriles is 1. The van der Waals surface area contributed by atoms with E-state index in [9.17, 15) is 26.0 Å². The van der Waals surface area contributed by atoms with Crippen molar-refractivity contribution < 1.29 is 26.0 Å². The average molecular weight is 534 g/mol. The lowest BCUT2D eigenvalue weighted by molar-refractivity contribution is 0.142. The lowest BCUT2D eigenvalue weighted by atomic mass is 10.1. The molecule has 3 heterocycles. The smallest absolute Gasteiger partial charge is 0.295 e. The number of hydrogen-bond acceptors (Lipinski definition) is 8. The predicted octanol–water partition coefficient (Wildman–Crippen LogP) is 4.98. The van der Waals surface area contributed by atoms with E-state index in [4.69, 9.17) is 5.26 Å². The first-order chi connectivity index (χ1) is 17.5. The van der Waals surface area contributed by atoms with Gasteiger partial charge in [-0.1, -0.05) is 12.1 Å². The molecule has 0 atom stereocenters. The summed E-state index contributed by atoms with van der Waals surface area (Å²) in [5.74, 6) is -0.303. The number of pyridine rings is 2. The topological polar surface area (TPSA) is 140 Å². The van der Waals surface area contributed by atoms with Gasteiger partial charge in [0.1, 0.15) is 28.9 Å². The Bertz CT molecular complexity index is 1620. The number of alkyl halides is 4. The van der Waals surface area contributed by atoms with Gasteiger partial charge in [-0.05, 0) is 24.3 Å². The summed E-state index contributed by atoms with van der Waals surface area (Å²) in [7, 11) is -2.66. The van der Waals surface area contributed by atoms with E-state index >= 15 is 0 Å². The van der Waals surface area contributed by atoms with E-state index in [2.05, 4.69) is 30.6 Å². The SMILES string of the molecule is CN(c1cc(C(F)F)ccc1Nc1cc(Nc2cccc(C#N)n2)nc2[nH]c(C(F)F)nc12)S(C)(=O)=O. The van der Waals surface area contributed by atoms with Crippen molar-refractivity contribution in [3.05, 3.63) is 59.5 Å². The zero-order valence-corrected chi connectivity index (χ0v) is 20.0. The van der Waals surface area contributed by atoms with E-state index in [0.717, 1.165) is 22.7 Å². The van der Waals surface area contributed by atoms with Crippen molar-refractivity contribution in [3.8, 4) is 6.07 Å². The van der Waals surface area contributed by atoms with Crippen LogP contribution in [0, 0.1) is 11.3 Å². The number of nitrogens with one attached hydrogen (secondary N) is 3. The molecular weight excluding hydrogens is 516 g/mol. The van der Waals surface area contributed by atoms with Crippen LogP contribution in [0.25, 0.3) is 11.2 Å². The van der Waals surface area contributed by atoms with Crippen LogP contribution in [0.15, 0.2) is 42.5 Å². The molecule has 0 spiro atoms. The molecule has 3 N–H and O–H groups in total. The zero-order valence-electron chi connectivity index (χ0n) is 19.2. The summed E-state index contributed by atoms with van der Waals surface area (Å²) >= 11 is 0. The molecule has 0 bridgehead atoms. The Morgan fingerprint density at radius 3 is 2.38 bits per heavy atom. The molecule has 37 heavy (non-hydrogen) atoms. The van der Waals surface area contributed by atoms with Crippen molar-refractivity contribution >= 4 is 49.9 Å².